The maximum Gasteiger partial charge on any atom is 0.0955 e. The van der Waals surface area contributed by atoms with Gasteiger partial charge in [0.2, 0.25) is 0 Å². The minimum Gasteiger partial charge on any atom is -0.334 e. The van der Waals surface area contributed by atoms with Gasteiger partial charge in [-0.25, -0.2) is 4.98 Å². The molecule has 1 fully saturated rings. The monoisotopic (exact) mass is 244 g/mol. The molecule has 1 aromatic heterocycles. The maximum atomic E-state index is 4.45. The zero-order valence-electron chi connectivity index (χ0n) is 11.3. The summed E-state index contributed by atoms with van der Waals surface area (Å²) in [4.78, 5) is 9.28. The van der Waals surface area contributed by atoms with Gasteiger partial charge in [0, 0.05) is 32.7 Å². The summed E-state index contributed by atoms with van der Waals surface area (Å²) >= 11 is 0. The van der Waals surface area contributed by atoms with Crippen LogP contribution in [0.5, 0.6) is 0 Å². The second-order valence-electron chi connectivity index (χ2n) is 5.36. The van der Waals surface area contributed by atoms with E-state index in [2.05, 4.69) is 51.6 Å². The van der Waals surface area contributed by atoms with Crippen LogP contribution < -0.4 is 0 Å². The first-order chi connectivity index (χ1) is 8.65. The minimum atomic E-state index is 0.482. The Morgan fingerprint density at radius 1 is 1.17 bits per heavy atom. The van der Waals surface area contributed by atoms with Crippen LogP contribution in [0, 0.1) is 0 Å². The largest absolute Gasteiger partial charge is 0.334 e. The van der Waals surface area contributed by atoms with Crippen molar-refractivity contribution in [2.75, 3.05) is 33.7 Å². The van der Waals surface area contributed by atoms with Crippen molar-refractivity contribution >= 4 is 11.0 Å². The molecule has 0 aliphatic carbocycles. The van der Waals surface area contributed by atoms with E-state index in [4.69, 9.17) is 0 Å². The number of aryl methyl sites for hydroxylation is 1. The van der Waals surface area contributed by atoms with Crippen molar-refractivity contribution in [3.8, 4) is 0 Å². The average Bonchev–Trinajstić information content (AvgIpc) is 2.74. The van der Waals surface area contributed by atoms with Crippen LogP contribution in [0.3, 0.4) is 0 Å². The summed E-state index contributed by atoms with van der Waals surface area (Å²) in [7, 11) is 6.44. The van der Waals surface area contributed by atoms with Crippen LogP contribution >= 0.6 is 0 Å². The highest BCUT2D eigenvalue weighted by Gasteiger charge is 2.23. The molecule has 0 radical (unpaired) electrons. The van der Waals surface area contributed by atoms with Gasteiger partial charge >= 0.3 is 0 Å². The van der Waals surface area contributed by atoms with Gasteiger partial charge in [-0.3, -0.25) is 4.90 Å². The van der Waals surface area contributed by atoms with E-state index in [1.54, 1.807) is 0 Å². The average molecular weight is 244 g/mol. The number of benzene rings is 1. The smallest absolute Gasteiger partial charge is 0.0955 e. The number of hydrogen-bond donors (Lipinski definition) is 0. The van der Waals surface area contributed by atoms with Gasteiger partial charge < -0.3 is 9.47 Å². The number of rotatable bonds is 1. The standard InChI is InChI=1S/C14H20N4/c1-16-6-7-17(2)14(9-16)11-4-5-13-12(8-11)15-10-18(13)3/h4-5,8,10,14H,6-7,9H2,1-3H3. The molecule has 1 saturated heterocycles. The lowest BCUT2D eigenvalue weighted by Gasteiger charge is -2.38. The summed E-state index contributed by atoms with van der Waals surface area (Å²) in [6.45, 7) is 3.37. The number of piperazine rings is 1. The van der Waals surface area contributed by atoms with E-state index in [1.807, 2.05) is 13.4 Å². The van der Waals surface area contributed by atoms with Gasteiger partial charge in [-0.2, -0.15) is 0 Å². The van der Waals surface area contributed by atoms with Crippen molar-refractivity contribution in [3.63, 3.8) is 0 Å². The number of imidazole rings is 1. The molecule has 0 spiro atoms. The summed E-state index contributed by atoms with van der Waals surface area (Å²) < 4.78 is 2.07. The van der Waals surface area contributed by atoms with Crippen LogP contribution in [-0.2, 0) is 7.05 Å². The molecule has 4 nitrogen and oxygen atoms in total. The molecule has 2 heterocycles. The van der Waals surface area contributed by atoms with Crippen molar-refractivity contribution < 1.29 is 0 Å². The normalized spacial score (nSPS) is 22.7. The number of hydrogen-bond acceptors (Lipinski definition) is 3. The fraction of sp³-hybridized carbons (Fsp3) is 0.500. The van der Waals surface area contributed by atoms with Crippen LogP contribution in [0.2, 0.25) is 0 Å². The minimum absolute atomic E-state index is 0.482. The van der Waals surface area contributed by atoms with E-state index < -0.39 is 0 Å². The molecular formula is C14H20N4. The van der Waals surface area contributed by atoms with Crippen molar-refractivity contribution in [1.82, 2.24) is 19.4 Å². The molecule has 1 atom stereocenters. The quantitative estimate of drug-likeness (QED) is 0.759. The van der Waals surface area contributed by atoms with Gasteiger partial charge in [0.25, 0.3) is 0 Å². The Morgan fingerprint density at radius 3 is 2.83 bits per heavy atom. The van der Waals surface area contributed by atoms with E-state index >= 15 is 0 Å². The van der Waals surface area contributed by atoms with Crippen molar-refractivity contribution in [1.29, 1.82) is 0 Å². The van der Waals surface area contributed by atoms with E-state index in [0.717, 1.165) is 25.2 Å². The molecule has 0 amide bonds. The number of nitrogens with zero attached hydrogens (tertiary/aromatic N) is 4. The summed E-state index contributed by atoms with van der Waals surface area (Å²) in [5.41, 5.74) is 3.66. The van der Waals surface area contributed by atoms with Crippen LogP contribution in [0.15, 0.2) is 24.5 Å². The Bertz CT molecular complexity index is 560. The molecule has 2 aromatic rings. The summed E-state index contributed by atoms with van der Waals surface area (Å²) in [5.74, 6) is 0. The van der Waals surface area contributed by atoms with Crippen LogP contribution in [0.4, 0.5) is 0 Å². The van der Waals surface area contributed by atoms with Crippen molar-refractivity contribution in [2.24, 2.45) is 7.05 Å². The fourth-order valence-electron chi connectivity index (χ4n) is 2.73. The Kier molecular flexibility index (Phi) is 2.84. The van der Waals surface area contributed by atoms with E-state index in [-0.39, 0.29) is 0 Å². The highest BCUT2D eigenvalue weighted by atomic mass is 15.3. The highest BCUT2D eigenvalue weighted by molar-refractivity contribution is 5.76. The van der Waals surface area contributed by atoms with Gasteiger partial charge in [0.05, 0.1) is 17.4 Å². The van der Waals surface area contributed by atoms with E-state index in [9.17, 15) is 0 Å². The Morgan fingerprint density at radius 2 is 2.00 bits per heavy atom. The molecule has 0 N–H and O–H groups in total. The number of likely N-dealkylation sites (N-methyl/N-ethyl adjacent to an activating group) is 2. The first kappa shape index (κ1) is 11.7. The van der Waals surface area contributed by atoms with E-state index in [1.165, 1.54) is 11.1 Å². The molecule has 1 unspecified atom stereocenters. The molecule has 3 rings (SSSR count). The number of aromatic nitrogens is 2. The lowest BCUT2D eigenvalue weighted by molar-refractivity contribution is 0.115. The maximum absolute atomic E-state index is 4.45. The second-order valence-corrected chi connectivity index (χ2v) is 5.36. The third-order valence-electron chi connectivity index (χ3n) is 3.99. The van der Waals surface area contributed by atoms with Crippen LogP contribution in [0.25, 0.3) is 11.0 Å². The zero-order chi connectivity index (χ0) is 12.7. The lowest BCUT2D eigenvalue weighted by atomic mass is 10.0. The predicted molar refractivity (Wildman–Crippen MR) is 73.6 cm³/mol. The Labute approximate surface area is 108 Å². The van der Waals surface area contributed by atoms with Crippen molar-refractivity contribution in [3.05, 3.63) is 30.1 Å². The molecule has 1 aromatic carbocycles. The van der Waals surface area contributed by atoms with Gasteiger partial charge in [0.15, 0.2) is 0 Å². The van der Waals surface area contributed by atoms with E-state index in [0.29, 0.717) is 6.04 Å². The number of fused-ring (bicyclic) bond motifs is 1. The Hall–Kier alpha value is -1.39. The zero-order valence-corrected chi connectivity index (χ0v) is 11.3. The van der Waals surface area contributed by atoms with Crippen LogP contribution in [-0.4, -0.2) is 53.1 Å². The molecule has 0 bridgehead atoms. The predicted octanol–water partition coefficient (Wildman–Crippen LogP) is 1.49. The third-order valence-corrected chi connectivity index (χ3v) is 3.99. The topological polar surface area (TPSA) is 24.3 Å². The molecule has 4 heteroatoms. The summed E-state index contributed by atoms with van der Waals surface area (Å²) in [6, 6.07) is 7.13. The van der Waals surface area contributed by atoms with Crippen LogP contribution in [0.1, 0.15) is 11.6 Å². The van der Waals surface area contributed by atoms with Gasteiger partial charge in [0.1, 0.15) is 0 Å². The fourth-order valence-corrected chi connectivity index (χ4v) is 2.73. The molecule has 18 heavy (non-hydrogen) atoms. The molecule has 96 valence electrons. The summed E-state index contributed by atoms with van der Waals surface area (Å²) in [6.07, 6.45) is 1.88. The first-order valence-corrected chi connectivity index (χ1v) is 6.45. The van der Waals surface area contributed by atoms with Crippen molar-refractivity contribution in [2.45, 2.75) is 6.04 Å². The molecular weight excluding hydrogens is 224 g/mol. The lowest BCUT2D eigenvalue weighted by Crippen LogP contribution is -2.44. The SMILES string of the molecule is CN1CCN(C)C(c2ccc3c(c2)ncn3C)C1. The van der Waals surface area contributed by atoms with Gasteiger partial charge in [-0.15, -0.1) is 0 Å². The first-order valence-electron chi connectivity index (χ1n) is 6.45. The van der Waals surface area contributed by atoms with Gasteiger partial charge in [-0.1, -0.05) is 6.07 Å². The molecule has 1 aliphatic rings. The highest BCUT2D eigenvalue weighted by Crippen LogP contribution is 2.25. The second kappa shape index (κ2) is 4.37. The van der Waals surface area contributed by atoms with Gasteiger partial charge in [-0.05, 0) is 31.8 Å². The molecule has 1 aliphatic heterocycles. The Balaban J connectivity index is 1.97. The third kappa shape index (κ3) is 1.91. The molecule has 0 saturated carbocycles. The summed E-state index contributed by atoms with van der Waals surface area (Å²) in [5, 5.41) is 0.